The second kappa shape index (κ2) is 3.67. The van der Waals surface area contributed by atoms with Crippen molar-refractivity contribution in [2.45, 2.75) is 26.3 Å². The van der Waals surface area contributed by atoms with E-state index in [0.717, 1.165) is 21.8 Å². The Morgan fingerprint density at radius 3 is 1.58 bits per heavy atom. The van der Waals surface area contributed by atoms with E-state index in [2.05, 4.69) is 25.3 Å². The number of nitrogens with zero attached hydrogens (tertiary/aromatic N) is 1. The van der Waals surface area contributed by atoms with Gasteiger partial charge in [-0.15, -0.1) is 0 Å². The maximum atomic E-state index is 9.70. The lowest BCUT2D eigenvalue weighted by molar-refractivity contribution is 0.422. The molecule has 0 saturated carbocycles. The fourth-order valence-corrected chi connectivity index (χ4v) is 2.72. The van der Waals surface area contributed by atoms with Crippen molar-refractivity contribution in [3.8, 4) is 11.5 Å². The van der Waals surface area contributed by atoms with Gasteiger partial charge in [0, 0.05) is 27.3 Å². The van der Waals surface area contributed by atoms with E-state index >= 15 is 0 Å². The number of fused-ring (bicyclic) bond motifs is 3. The summed E-state index contributed by atoms with van der Waals surface area (Å²) >= 11 is 0. The Bertz CT molecular complexity index is 719. The van der Waals surface area contributed by atoms with Gasteiger partial charge < -0.3 is 14.8 Å². The number of phenols is 2. The molecule has 19 heavy (non-hydrogen) atoms. The first kappa shape index (κ1) is 11.9. The zero-order chi connectivity index (χ0) is 13.8. The molecule has 0 fully saturated rings. The first-order chi connectivity index (χ1) is 8.88. The fourth-order valence-electron chi connectivity index (χ4n) is 2.72. The zero-order valence-corrected chi connectivity index (χ0v) is 11.3. The first-order valence-electron chi connectivity index (χ1n) is 6.34. The highest BCUT2D eigenvalue weighted by molar-refractivity contribution is 6.09. The standard InChI is InChI=1S/C16H17NO2/c1-16(2,3)17-14-6-4-10(18)8-12(14)13-9-11(19)5-7-15(13)17/h4-9,18-19H,1-3H3. The minimum Gasteiger partial charge on any atom is -0.508 e. The number of aromatic hydroxyl groups is 2. The van der Waals surface area contributed by atoms with E-state index in [1.807, 2.05) is 12.1 Å². The smallest absolute Gasteiger partial charge is 0.116 e. The van der Waals surface area contributed by atoms with E-state index in [-0.39, 0.29) is 17.0 Å². The Morgan fingerprint density at radius 2 is 1.21 bits per heavy atom. The van der Waals surface area contributed by atoms with Gasteiger partial charge >= 0.3 is 0 Å². The van der Waals surface area contributed by atoms with E-state index in [1.165, 1.54) is 0 Å². The van der Waals surface area contributed by atoms with Gasteiger partial charge in [0.1, 0.15) is 11.5 Å². The average Bonchev–Trinajstić information content (AvgIpc) is 2.62. The van der Waals surface area contributed by atoms with Crippen LogP contribution in [0.3, 0.4) is 0 Å². The number of benzene rings is 2. The van der Waals surface area contributed by atoms with Crippen LogP contribution >= 0.6 is 0 Å². The van der Waals surface area contributed by atoms with Gasteiger partial charge in [0.05, 0.1) is 0 Å². The largest absolute Gasteiger partial charge is 0.508 e. The van der Waals surface area contributed by atoms with Crippen LogP contribution in [0.2, 0.25) is 0 Å². The Hall–Kier alpha value is -2.16. The molecule has 1 heterocycles. The molecule has 3 aromatic rings. The predicted molar refractivity (Wildman–Crippen MR) is 77.8 cm³/mol. The number of aromatic nitrogens is 1. The van der Waals surface area contributed by atoms with E-state index in [0.29, 0.717) is 0 Å². The van der Waals surface area contributed by atoms with Gasteiger partial charge in [-0.25, -0.2) is 0 Å². The van der Waals surface area contributed by atoms with Crippen LogP contribution in [0.25, 0.3) is 21.8 Å². The van der Waals surface area contributed by atoms with Gasteiger partial charge in [-0.05, 0) is 57.2 Å². The monoisotopic (exact) mass is 255 g/mol. The summed E-state index contributed by atoms with van der Waals surface area (Å²) in [5, 5.41) is 21.3. The average molecular weight is 255 g/mol. The molecule has 2 N–H and O–H groups in total. The molecule has 1 aromatic heterocycles. The summed E-state index contributed by atoms with van der Waals surface area (Å²) in [6.45, 7) is 6.43. The molecule has 0 atom stereocenters. The highest BCUT2D eigenvalue weighted by atomic mass is 16.3. The molecular weight excluding hydrogens is 238 g/mol. The van der Waals surface area contributed by atoms with Gasteiger partial charge in [-0.1, -0.05) is 0 Å². The number of phenolic OH excluding ortho intramolecular Hbond substituents is 2. The minimum atomic E-state index is -0.0755. The van der Waals surface area contributed by atoms with Crippen molar-refractivity contribution in [3.05, 3.63) is 36.4 Å². The summed E-state index contributed by atoms with van der Waals surface area (Å²) in [5.74, 6) is 0.479. The third-order valence-electron chi connectivity index (χ3n) is 3.40. The van der Waals surface area contributed by atoms with Crippen LogP contribution < -0.4 is 0 Å². The lowest BCUT2D eigenvalue weighted by atomic mass is 10.1. The molecule has 0 aliphatic heterocycles. The highest BCUT2D eigenvalue weighted by Crippen LogP contribution is 2.36. The molecule has 0 aliphatic carbocycles. The van der Waals surface area contributed by atoms with Gasteiger partial charge in [0.15, 0.2) is 0 Å². The van der Waals surface area contributed by atoms with Crippen LogP contribution in [0.4, 0.5) is 0 Å². The quantitative estimate of drug-likeness (QED) is 0.638. The zero-order valence-electron chi connectivity index (χ0n) is 11.3. The predicted octanol–water partition coefficient (Wildman–Crippen LogP) is 3.96. The van der Waals surface area contributed by atoms with Gasteiger partial charge in [0.25, 0.3) is 0 Å². The number of hydrogen-bond donors (Lipinski definition) is 2. The molecule has 0 saturated heterocycles. The second-order valence-corrected chi connectivity index (χ2v) is 5.91. The summed E-state index contributed by atoms with van der Waals surface area (Å²) < 4.78 is 2.23. The van der Waals surface area contributed by atoms with Gasteiger partial charge in [0.2, 0.25) is 0 Å². The van der Waals surface area contributed by atoms with Crippen LogP contribution in [0, 0.1) is 0 Å². The highest BCUT2D eigenvalue weighted by Gasteiger charge is 2.20. The SMILES string of the molecule is CC(C)(C)n1c2ccc(O)cc2c2cc(O)ccc21. The third kappa shape index (κ3) is 1.73. The lowest BCUT2D eigenvalue weighted by Crippen LogP contribution is -2.21. The van der Waals surface area contributed by atoms with E-state index < -0.39 is 0 Å². The van der Waals surface area contributed by atoms with E-state index in [1.54, 1.807) is 24.3 Å². The topological polar surface area (TPSA) is 45.4 Å². The normalized spacial score (nSPS) is 12.4. The Labute approximate surface area is 111 Å². The van der Waals surface area contributed by atoms with Gasteiger partial charge in [-0.3, -0.25) is 0 Å². The van der Waals surface area contributed by atoms with Crippen LogP contribution in [-0.2, 0) is 5.54 Å². The Balaban J connectivity index is 2.58. The summed E-state index contributed by atoms with van der Waals surface area (Å²) in [6.07, 6.45) is 0. The molecule has 0 radical (unpaired) electrons. The minimum absolute atomic E-state index is 0.0755. The summed E-state index contributed by atoms with van der Waals surface area (Å²) in [7, 11) is 0. The molecule has 0 unspecified atom stereocenters. The number of rotatable bonds is 0. The maximum absolute atomic E-state index is 9.70. The van der Waals surface area contributed by atoms with Crippen molar-refractivity contribution in [2.24, 2.45) is 0 Å². The Morgan fingerprint density at radius 1 is 0.789 bits per heavy atom. The summed E-state index contributed by atoms with van der Waals surface area (Å²) in [6, 6.07) is 10.7. The third-order valence-corrected chi connectivity index (χ3v) is 3.40. The fraction of sp³-hybridized carbons (Fsp3) is 0.250. The van der Waals surface area contributed by atoms with Crippen molar-refractivity contribution in [1.82, 2.24) is 4.57 Å². The van der Waals surface area contributed by atoms with E-state index in [4.69, 9.17) is 0 Å². The molecule has 3 nitrogen and oxygen atoms in total. The van der Waals surface area contributed by atoms with Crippen molar-refractivity contribution >= 4 is 21.8 Å². The van der Waals surface area contributed by atoms with Gasteiger partial charge in [-0.2, -0.15) is 0 Å². The van der Waals surface area contributed by atoms with E-state index in [9.17, 15) is 10.2 Å². The first-order valence-corrected chi connectivity index (χ1v) is 6.34. The molecule has 3 rings (SSSR count). The van der Waals surface area contributed by atoms with Crippen LogP contribution in [-0.4, -0.2) is 14.8 Å². The molecule has 3 heteroatoms. The lowest BCUT2D eigenvalue weighted by Gasteiger charge is -2.24. The van der Waals surface area contributed by atoms with Crippen molar-refractivity contribution in [3.63, 3.8) is 0 Å². The van der Waals surface area contributed by atoms with Crippen molar-refractivity contribution in [1.29, 1.82) is 0 Å². The number of hydrogen-bond acceptors (Lipinski definition) is 2. The summed E-state index contributed by atoms with van der Waals surface area (Å²) in [5.41, 5.74) is 2.05. The second-order valence-electron chi connectivity index (χ2n) is 5.91. The Kier molecular flexibility index (Phi) is 2.30. The molecule has 2 aromatic carbocycles. The molecule has 0 aliphatic rings. The molecule has 0 amide bonds. The molecule has 0 spiro atoms. The van der Waals surface area contributed by atoms with Crippen LogP contribution in [0.1, 0.15) is 20.8 Å². The van der Waals surface area contributed by atoms with Crippen LogP contribution in [0.15, 0.2) is 36.4 Å². The van der Waals surface area contributed by atoms with Crippen molar-refractivity contribution in [2.75, 3.05) is 0 Å². The van der Waals surface area contributed by atoms with Crippen LogP contribution in [0.5, 0.6) is 11.5 Å². The van der Waals surface area contributed by atoms with Crippen molar-refractivity contribution < 1.29 is 10.2 Å². The maximum Gasteiger partial charge on any atom is 0.116 e. The molecule has 98 valence electrons. The molecular formula is C16H17NO2. The summed E-state index contributed by atoms with van der Waals surface area (Å²) in [4.78, 5) is 0. The molecule has 0 bridgehead atoms.